The lowest BCUT2D eigenvalue weighted by molar-refractivity contribution is 0.154. The van der Waals surface area contributed by atoms with Crippen molar-refractivity contribution in [2.75, 3.05) is 13.1 Å². The van der Waals surface area contributed by atoms with Crippen molar-refractivity contribution in [1.82, 2.24) is 15.0 Å². The van der Waals surface area contributed by atoms with Gasteiger partial charge in [0.25, 0.3) is 0 Å². The van der Waals surface area contributed by atoms with Gasteiger partial charge in [0.05, 0.1) is 11.6 Å². The lowest BCUT2D eigenvalue weighted by Crippen LogP contribution is -2.36. The Bertz CT molecular complexity index is 741. The third-order valence-corrected chi connectivity index (χ3v) is 5.27. The first-order valence-electron chi connectivity index (χ1n) is 8.82. The Balaban J connectivity index is 1.45. The zero-order chi connectivity index (χ0) is 16.5. The van der Waals surface area contributed by atoms with Crippen LogP contribution >= 0.6 is 0 Å². The molecule has 2 aromatic rings. The highest BCUT2D eigenvalue weighted by atomic mass is 16.5. The number of nitrogens with zero attached hydrogens (tertiary/aromatic N) is 4. The molecule has 1 saturated heterocycles. The van der Waals surface area contributed by atoms with E-state index in [4.69, 9.17) is 9.78 Å². The first kappa shape index (κ1) is 15.3. The fraction of sp³-hybridized carbons (Fsp3) is 0.526. The maximum Gasteiger partial charge on any atom is 0.229 e. The zero-order valence-corrected chi connectivity index (χ0v) is 14.0. The maximum absolute atomic E-state index is 8.94. The summed E-state index contributed by atoms with van der Waals surface area (Å²) >= 11 is 0. The van der Waals surface area contributed by atoms with Gasteiger partial charge in [-0.25, -0.2) is 0 Å². The van der Waals surface area contributed by atoms with Crippen molar-refractivity contribution < 1.29 is 4.52 Å². The fourth-order valence-electron chi connectivity index (χ4n) is 3.53. The van der Waals surface area contributed by atoms with Gasteiger partial charge in [-0.05, 0) is 56.8 Å². The van der Waals surface area contributed by atoms with E-state index in [9.17, 15) is 0 Å². The van der Waals surface area contributed by atoms with Crippen LogP contribution in [0.5, 0.6) is 0 Å². The summed E-state index contributed by atoms with van der Waals surface area (Å²) in [5, 5.41) is 13.2. The van der Waals surface area contributed by atoms with Crippen LogP contribution in [0.25, 0.3) is 0 Å². The topological polar surface area (TPSA) is 66.0 Å². The molecule has 0 bridgehead atoms. The Morgan fingerprint density at radius 1 is 1.21 bits per heavy atom. The van der Waals surface area contributed by atoms with Gasteiger partial charge in [0.15, 0.2) is 5.82 Å². The number of hydrogen-bond acceptors (Lipinski definition) is 5. The minimum atomic E-state index is 0.329. The lowest BCUT2D eigenvalue weighted by Gasteiger charge is -2.36. The molecule has 0 spiro atoms. The molecule has 1 saturated carbocycles. The number of hydrogen-bond donors (Lipinski definition) is 0. The number of aromatic nitrogens is 2. The van der Waals surface area contributed by atoms with E-state index in [0.29, 0.717) is 23.4 Å². The van der Waals surface area contributed by atoms with Gasteiger partial charge in [-0.15, -0.1) is 0 Å². The standard InChI is InChI=1S/C19H22N4O/c1-13(15-6-4-14(11-20)5-7-15)23-10-2-3-17(12-23)18-21-19(24-22-18)16-8-9-16/h4-7,13,16-17H,2-3,8-10,12H2,1H3/t13-,17+/m1/s1. The molecule has 124 valence electrons. The Labute approximate surface area is 142 Å². The van der Waals surface area contributed by atoms with Crippen LogP contribution in [-0.2, 0) is 0 Å². The van der Waals surface area contributed by atoms with Gasteiger partial charge in [0.2, 0.25) is 5.89 Å². The highest BCUT2D eigenvalue weighted by molar-refractivity contribution is 5.32. The molecule has 1 aliphatic heterocycles. The van der Waals surface area contributed by atoms with Crippen molar-refractivity contribution in [2.24, 2.45) is 0 Å². The number of nitriles is 1. The van der Waals surface area contributed by atoms with Gasteiger partial charge in [-0.2, -0.15) is 10.2 Å². The molecule has 0 unspecified atom stereocenters. The lowest BCUT2D eigenvalue weighted by atomic mass is 9.94. The molecule has 2 heterocycles. The second kappa shape index (κ2) is 6.37. The Hall–Kier alpha value is -2.19. The highest BCUT2D eigenvalue weighted by Crippen LogP contribution is 2.40. The number of likely N-dealkylation sites (tertiary alicyclic amines) is 1. The predicted octanol–water partition coefficient (Wildman–Crippen LogP) is 3.76. The third kappa shape index (κ3) is 3.07. The van der Waals surface area contributed by atoms with Crippen molar-refractivity contribution in [1.29, 1.82) is 5.26 Å². The molecule has 0 radical (unpaired) electrons. The molecular formula is C19H22N4O. The maximum atomic E-state index is 8.94. The van der Waals surface area contributed by atoms with E-state index in [1.165, 1.54) is 18.4 Å². The van der Waals surface area contributed by atoms with Crippen LogP contribution in [-0.4, -0.2) is 28.1 Å². The van der Waals surface area contributed by atoms with Crippen molar-refractivity contribution in [3.63, 3.8) is 0 Å². The molecule has 2 fully saturated rings. The average molecular weight is 322 g/mol. The second-order valence-electron chi connectivity index (χ2n) is 7.01. The molecule has 1 aromatic carbocycles. The van der Waals surface area contributed by atoms with Crippen LogP contribution in [0.4, 0.5) is 0 Å². The SMILES string of the molecule is C[C@H](c1ccc(C#N)cc1)N1CCC[C@H](c2noc(C3CC3)n2)C1. The molecule has 1 aromatic heterocycles. The van der Waals surface area contributed by atoms with E-state index in [0.717, 1.165) is 37.6 Å². The summed E-state index contributed by atoms with van der Waals surface area (Å²) < 4.78 is 5.44. The van der Waals surface area contributed by atoms with E-state index in [-0.39, 0.29) is 0 Å². The highest BCUT2D eigenvalue weighted by Gasteiger charge is 2.32. The molecule has 0 N–H and O–H groups in total. The van der Waals surface area contributed by atoms with Gasteiger partial charge in [-0.3, -0.25) is 4.90 Å². The van der Waals surface area contributed by atoms with Crippen molar-refractivity contribution in [3.8, 4) is 6.07 Å². The average Bonchev–Trinajstić information content (AvgIpc) is 3.38. The smallest absolute Gasteiger partial charge is 0.229 e. The summed E-state index contributed by atoms with van der Waals surface area (Å²) in [5.74, 6) is 2.59. The molecule has 24 heavy (non-hydrogen) atoms. The number of benzene rings is 1. The molecule has 1 aliphatic carbocycles. The minimum Gasteiger partial charge on any atom is -0.339 e. The summed E-state index contributed by atoms with van der Waals surface area (Å²) in [6.07, 6.45) is 4.65. The van der Waals surface area contributed by atoms with Crippen molar-refractivity contribution >= 4 is 0 Å². The third-order valence-electron chi connectivity index (χ3n) is 5.27. The minimum absolute atomic E-state index is 0.329. The molecule has 2 aliphatic rings. The molecular weight excluding hydrogens is 300 g/mol. The van der Waals surface area contributed by atoms with Gasteiger partial charge >= 0.3 is 0 Å². The fourth-order valence-corrected chi connectivity index (χ4v) is 3.53. The van der Waals surface area contributed by atoms with Crippen molar-refractivity contribution in [2.45, 2.75) is 50.5 Å². The van der Waals surface area contributed by atoms with Crippen LogP contribution in [0.1, 0.15) is 73.3 Å². The quantitative estimate of drug-likeness (QED) is 0.857. The van der Waals surface area contributed by atoms with Crippen LogP contribution in [0.2, 0.25) is 0 Å². The van der Waals surface area contributed by atoms with Gasteiger partial charge < -0.3 is 4.52 Å². The van der Waals surface area contributed by atoms with Crippen LogP contribution in [0, 0.1) is 11.3 Å². The Morgan fingerprint density at radius 2 is 2.00 bits per heavy atom. The molecule has 2 atom stereocenters. The van der Waals surface area contributed by atoms with Gasteiger partial charge in [-0.1, -0.05) is 17.3 Å². The predicted molar refractivity (Wildman–Crippen MR) is 89.4 cm³/mol. The summed E-state index contributed by atoms with van der Waals surface area (Å²) in [5.41, 5.74) is 1.96. The Morgan fingerprint density at radius 3 is 2.71 bits per heavy atom. The zero-order valence-electron chi connectivity index (χ0n) is 14.0. The van der Waals surface area contributed by atoms with E-state index in [1.54, 1.807) is 0 Å². The van der Waals surface area contributed by atoms with Crippen LogP contribution < -0.4 is 0 Å². The summed E-state index contributed by atoms with van der Waals surface area (Å²) in [6.45, 7) is 4.28. The first-order valence-corrected chi connectivity index (χ1v) is 8.82. The van der Waals surface area contributed by atoms with E-state index >= 15 is 0 Å². The summed E-state index contributed by atoms with van der Waals surface area (Å²) in [4.78, 5) is 7.13. The van der Waals surface area contributed by atoms with Crippen LogP contribution in [0.3, 0.4) is 0 Å². The monoisotopic (exact) mass is 322 g/mol. The van der Waals surface area contributed by atoms with Crippen molar-refractivity contribution in [3.05, 3.63) is 47.1 Å². The van der Waals surface area contributed by atoms with E-state index in [1.807, 2.05) is 12.1 Å². The Kier molecular flexibility index (Phi) is 4.07. The number of piperidine rings is 1. The molecule has 0 amide bonds. The molecule has 5 nitrogen and oxygen atoms in total. The normalized spacial score (nSPS) is 22.9. The largest absolute Gasteiger partial charge is 0.339 e. The summed E-state index contributed by atoms with van der Waals surface area (Å²) in [7, 11) is 0. The number of rotatable bonds is 4. The molecule has 4 rings (SSSR count). The van der Waals surface area contributed by atoms with E-state index < -0.39 is 0 Å². The van der Waals surface area contributed by atoms with Gasteiger partial charge in [0, 0.05) is 24.4 Å². The van der Waals surface area contributed by atoms with E-state index in [2.05, 4.69) is 40.2 Å². The van der Waals surface area contributed by atoms with Crippen LogP contribution in [0.15, 0.2) is 28.8 Å². The molecule has 5 heteroatoms. The first-order chi connectivity index (χ1) is 11.7. The second-order valence-corrected chi connectivity index (χ2v) is 7.01. The summed E-state index contributed by atoms with van der Waals surface area (Å²) in [6, 6.07) is 10.4. The van der Waals surface area contributed by atoms with Gasteiger partial charge in [0.1, 0.15) is 0 Å².